The van der Waals surface area contributed by atoms with Crippen molar-refractivity contribution in [3.8, 4) is 11.5 Å². The van der Waals surface area contributed by atoms with E-state index in [4.69, 9.17) is 9.47 Å². The summed E-state index contributed by atoms with van der Waals surface area (Å²) in [4.78, 5) is 11.0. The maximum atomic E-state index is 11.0. The van der Waals surface area contributed by atoms with E-state index >= 15 is 0 Å². The molecule has 4 heteroatoms. The molecule has 4 nitrogen and oxygen atoms in total. The topological polar surface area (TPSA) is 47.6 Å². The van der Waals surface area contributed by atoms with Crippen LogP contribution in [0.15, 0.2) is 54.6 Å². The highest BCUT2D eigenvalue weighted by Crippen LogP contribution is 2.17. The van der Waals surface area contributed by atoms with Gasteiger partial charge in [0.2, 0.25) is 5.91 Å². The summed E-state index contributed by atoms with van der Waals surface area (Å²) in [6, 6.07) is 17.0. The van der Waals surface area contributed by atoms with Gasteiger partial charge in [-0.1, -0.05) is 24.3 Å². The lowest BCUT2D eigenvalue weighted by atomic mass is 10.3. The predicted molar refractivity (Wildman–Crippen MR) is 82.8 cm³/mol. The molecule has 0 heterocycles. The zero-order valence-corrected chi connectivity index (χ0v) is 12.0. The first-order chi connectivity index (χ1) is 10.2. The summed E-state index contributed by atoms with van der Waals surface area (Å²) in [5, 5.41) is 2.72. The van der Waals surface area contributed by atoms with E-state index in [2.05, 4.69) is 5.32 Å². The van der Waals surface area contributed by atoms with Gasteiger partial charge in [-0.2, -0.15) is 0 Å². The fourth-order valence-electron chi connectivity index (χ4n) is 1.82. The highest BCUT2D eigenvalue weighted by atomic mass is 16.5. The molecule has 0 radical (unpaired) electrons. The van der Waals surface area contributed by atoms with E-state index in [-0.39, 0.29) is 5.91 Å². The van der Waals surface area contributed by atoms with Crippen LogP contribution in [0.4, 0.5) is 5.69 Å². The molecule has 2 aromatic carbocycles. The highest BCUT2D eigenvalue weighted by Gasteiger charge is 1.99. The Morgan fingerprint density at radius 2 is 1.62 bits per heavy atom. The van der Waals surface area contributed by atoms with Gasteiger partial charge in [-0.3, -0.25) is 4.79 Å². The van der Waals surface area contributed by atoms with Gasteiger partial charge >= 0.3 is 0 Å². The molecule has 1 amide bonds. The Hall–Kier alpha value is -2.49. The number of carbonyl (C=O) groups is 1. The monoisotopic (exact) mass is 285 g/mol. The van der Waals surface area contributed by atoms with Crippen LogP contribution in [0.25, 0.3) is 0 Å². The summed E-state index contributed by atoms with van der Waals surface area (Å²) in [6.07, 6.45) is 0.791. The number of nitrogens with one attached hydrogen (secondary N) is 1. The van der Waals surface area contributed by atoms with Gasteiger partial charge in [0.05, 0.1) is 13.2 Å². The van der Waals surface area contributed by atoms with Crippen molar-refractivity contribution >= 4 is 11.6 Å². The zero-order valence-electron chi connectivity index (χ0n) is 12.0. The van der Waals surface area contributed by atoms with E-state index in [1.54, 1.807) is 6.07 Å². The van der Waals surface area contributed by atoms with Gasteiger partial charge in [-0.15, -0.1) is 0 Å². The molecule has 0 bridgehead atoms. The summed E-state index contributed by atoms with van der Waals surface area (Å²) in [6.45, 7) is 2.65. The average molecular weight is 285 g/mol. The molecule has 0 aliphatic heterocycles. The van der Waals surface area contributed by atoms with Crippen molar-refractivity contribution in [1.29, 1.82) is 0 Å². The number of hydrogen-bond acceptors (Lipinski definition) is 3. The largest absolute Gasteiger partial charge is 0.493 e. The lowest BCUT2D eigenvalue weighted by Gasteiger charge is -2.09. The van der Waals surface area contributed by atoms with Gasteiger partial charge in [-0.05, 0) is 24.3 Å². The summed E-state index contributed by atoms with van der Waals surface area (Å²) < 4.78 is 11.2. The number of para-hydroxylation sites is 1. The number of hydrogen-bond donors (Lipinski definition) is 1. The molecule has 21 heavy (non-hydrogen) atoms. The van der Waals surface area contributed by atoms with Crippen molar-refractivity contribution in [2.45, 2.75) is 13.3 Å². The standard InChI is InChI=1S/C17H19NO3/c1-14(19)18-15-7-5-10-17(13-15)21-12-6-11-20-16-8-3-2-4-9-16/h2-5,7-10,13H,6,11-12H2,1H3,(H,18,19). The van der Waals surface area contributed by atoms with Gasteiger partial charge in [0.25, 0.3) is 0 Å². The second-order valence-corrected chi connectivity index (χ2v) is 4.57. The first-order valence-corrected chi connectivity index (χ1v) is 6.92. The Morgan fingerprint density at radius 1 is 0.952 bits per heavy atom. The molecule has 110 valence electrons. The van der Waals surface area contributed by atoms with E-state index in [1.165, 1.54) is 6.92 Å². The molecule has 0 spiro atoms. The third kappa shape index (κ3) is 5.57. The van der Waals surface area contributed by atoms with Gasteiger partial charge in [-0.25, -0.2) is 0 Å². The quantitative estimate of drug-likeness (QED) is 0.792. The van der Waals surface area contributed by atoms with E-state index in [9.17, 15) is 4.79 Å². The van der Waals surface area contributed by atoms with Crippen LogP contribution in [0.1, 0.15) is 13.3 Å². The van der Waals surface area contributed by atoms with Crippen LogP contribution in [-0.4, -0.2) is 19.1 Å². The van der Waals surface area contributed by atoms with Crippen molar-refractivity contribution in [3.05, 3.63) is 54.6 Å². The Labute approximate surface area is 124 Å². The molecule has 1 N–H and O–H groups in total. The minimum Gasteiger partial charge on any atom is -0.493 e. The molecule has 2 rings (SSSR count). The second kappa shape index (κ2) is 7.94. The van der Waals surface area contributed by atoms with E-state index in [1.807, 2.05) is 48.5 Å². The first kappa shape index (κ1) is 14.9. The SMILES string of the molecule is CC(=O)Nc1cccc(OCCCOc2ccccc2)c1. The van der Waals surface area contributed by atoms with Crippen LogP contribution < -0.4 is 14.8 Å². The van der Waals surface area contributed by atoms with Crippen molar-refractivity contribution in [2.24, 2.45) is 0 Å². The molecule has 2 aromatic rings. The zero-order chi connectivity index (χ0) is 14.9. The minimum atomic E-state index is -0.0941. The maximum absolute atomic E-state index is 11.0. The molecular weight excluding hydrogens is 266 g/mol. The van der Waals surface area contributed by atoms with Crippen LogP contribution in [0.5, 0.6) is 11.5 Å². The second-order valence-electron chi connectivity index (χ2n) is 4.57. The third-order valence-corrected chi connectivity index (χ3v) is 2.72. The fourth-order valence-corrected chi connectivity index (χ4v) is 1.82. The average Bonchev–Trinajstić information content (AvgIpc) is 2.48. The molecule has 0 aliphatic carbocycles. The van der Waals surface area contributed by atoms with E-state index < -0.39 is 0 Å². The van der Waals surface area contributed by atoms with Crippen LogP contribution in [0, 0.1) is 0 Å². The predicted octanol–water partition coefficient (Wildman–Crippen LogP) is 3.49. The highest BCUT2D eigenvalue weighted by molar-refractivity contribution is 5.88. The smallest absolute Gasteiger partial charge is 0.221 e. The fraction of sp³-hybridized carbons (Fsp3) is 0.235. The van der Waals surface area contributed by atoms with Gasteiger partial charge in [0.15, 0.2) is 0 Å². The van der Waals surface area contributed by atoms with Crippen LogP contribution in [-0.2, 0) is 4.79 Å². The Kier molecular flexibility index (Phi) is 5.64. The summed E-state index contributed by atoms with van der Waals surface area (Å²) >= 11 is 0. The number of benzene rings is 2. The summed E-state index contributed by atoms with van der Waals surface area (Å²) in [7, 11) is 0. The van der Waals surface area contributed by atoms with Gasteiger partial charge in [0.1, 0.15) is 11.5 Å². The number of ether oxygens (including phenoxy) is 2. The van der Waals surface area contributed by atoms with E-state index in [0.29, 0.717) is 13.2 Å². The van der Waals surface area contributed by atoms with Gasteiger partial charge in [0, 0.05) is 25.1 Å². The summed E-state index contributed by atoms with van der Waals surface area (Å²) in [5.74, 6) is 1.51. The minimum absolute atomic E-state index is 0.0941. The van der Waals surface area contributed by atoms with Crippen molar-refractivity contribution in [1.82, 2.24) is 0 Å². The van der Waals surface area contributed by atoms with Crippen LogP contribution >= 0.6 is 0 Å². The van der Waals surface area contributed by atoms with E-state index in [0.717, 1.165) is 23.6 Å². The molecule has 0 fully saturated rings. The maximum Gasteiger partial charge on any atom is 0.221 e. The normalized spacial score (nSPS) is 9.95. The molecule has 0 saturated carbocycles. The lowest BCUT2D eigenvalue weighted by Crippen LogP contribution is -2.07. The molecule has 0 aliphatic rings. The van der Waals surface area contributed by atoms with Crippen LogP contribution in [0.2, 0.25) is 0 Å². The number of carbonyl (C=O) groups excluding carboxylic acids is 1. The molecule has 0 atom stereocenters. The first-order valence-electron chi connectivity index (χ1n) is 6.92. The Morgan fingerprint density at radius 3 is 2.33 bits per heavy atom. The lowest BCUT2D eigenvalue weighted by molar-refractivity contribution is -0.114. The Bertz CT molecular complexity index is 569. The number of amides is 1. The Balaban J connectivity index is 1.70. The molecule has 0 aromatic heterocycles. The summed E-state index contributed by atoms with van der Waals surface area (Å²) in [5.41, 5.74) is 0.737. The van der Waals surface area contributed by atoms with Gasteiger partial charge < -0.3 is 14.8 Å². The third-order valence-electron chi connectivity index (χ3n) is 2.72. The molecular formula is C17H19NO3. The molecule has 0 saturated heterocycles. The number of rotatable bonds is 7. The van der Waals surface area contributed by atoms with Crippen molar-refractivity contribution in [3.63, 3.8) is 0 Å². The molecule has 0 unspecified atom stereocenters. The van der Waals surface area contributed by atoms with Crippen LogP contribution in [0.3, 0.4) is 0 Å². The van der Waals surface area contributed by atoms with Crippen molar-refractivity contribution in [2.75, 3.05) is 18.5 Å². The number of anilines is 1. The van der Waals surface area contributed by atoms with Crippen molar-refractivity contribution < 1.29 is 14.3 Å².